The maximum absolute atomic E-state index is 12.7. The van der Waals surface area contributed by atoms with Crippen LogP contribution in [0.1, 0.15) is 35.3 Å². The van der Waals surface area contributed by atoms with Gasteiger partial charge in [-0.1, -0.05) is 6.07 Å². The summed E-state index contributed by atoms with van der Waals surface area (Å²) in [6.07, 6.45) is 3.90. The lowest BCUT2D eigenvalue weighted by atomic mass is 9.99. The summed E-state index contributed by atoms with van der Waals surface area (Å²) < 4.78 is 26.8. The molecule has 0 N–H and O–H groups in total. The standard InChI is InChI=1S/C19H23N3O3S/c1-14(2)21(3)26(24,25)18-5-4-15-8-11-22(13-17(15)12-18)19(23)16-6-9-20-10-7-16/h4-7,9-10,12,14H,8,11,13H2,1-3H3. The quantitative estimate of drug-likeness (QED) is 0.825. The summed E-state index contributed by atoms with van der Waals surface area (Å²) in [6, 6.07) is 8.49. The molecule has 0 aliphatic carbocycles. The molecular formula is C19H23N3O3S. The molecule has 1 aliphatic heterocycles. The lowest BCUT2D eigenvalue weighted by molar-refractivity contribution is 0.0734. The molecule has 0 unspecified atom stereocenters. The van der Waals surface area contributed by atoms with Crippen molar-refractivity contribution in [2.75, 3.05) is 13.6 Å². The van der Waals surface area contributed by atoms with Crippen LogP contribution in [0.4, 0.5) is 0 Å². The van der Waals surface area contributed by atoms with Gasteiger partial charge in [-0.3, -0.25) is 9.78 Å². The van der Waals surface area contributed by atoms with Crippen molar-refractivity contribution in [2.45, 2.75) is 37.8 Å². The Morgan fingerprint density at radius 2 is 1.85 bits per heavy atom. The van der Waals surface area contributed by atoms with Gasteiger partial charge in [-0.15, -0.1) is 0 Å². The zero-order valence-corrected chi connectivity index (χ0v) is 16.0. The lowest BCUT2D eigenvalue weighted by Gasteiger charge is -2.30. The van der Waals surface area contributed by atoms with Crippen molar-refractivity contribution >= 4 is 15.9 Å². The van der Waals surface area contributed by atoms with Crippen molar-refractivity contribution in [2.24, 2.45) is 0 Å². The van der Waals surface area contributed by atoms with Gasteiger partial charge in [0.05, 0.1) is 4.90 Å². The molecule has 7 heteroatoms. The number of pyridine rings is 1. The fourth-order valence-electron chi connectivity index (χ4n) is 2.99. The van der Waals surface area contributed by atoms with Crippen molar-refractivity contribution in [3.8, 4) is 0 Å². The van der Waals surface area contributed by atoms with Crippen LogP contribution >= 0.6 is 0 Å². The average Bonchev–Trinajstić information content (AvgIpc) is 2.66. The number of amides is 1. The molecule has 1 aromatic heterocycles. The summed E-state index contributed by atoms with van der Waals surface area (Å²) in [5.74, 6) is -0.0643. The molecule has 26 heavy (non-hydrogen) atoms. The summed E-state index contributed by atoms with van der Waals surface area (Å²) in [5, 5.41) is 0. The third-order valence-electron chi connectivity index (χ3n) is 4.81. The Bertz CT molecular complexity index is 911. The molecule has 2 heterocycles. The van der Waals surface area contributed by atoms with E-state index < -0.39 is 10.0 Å². The predicted octanol–water partition coefficient (Wildman–Crippen LogP) is 2.31. The molecule has 0 saturated heterocycles. The minimum Gasteiger partial charge on any atom is -0.334 e. The molecule has 0 atom stereocenters. The first-order chi connectivity index (χ1) is 12.3. The monoisotopic (exact) mass is 373 g/mol. The van der Waals surface area contributed by atoms with Crippen LogP contribution in [0.15, 0.2) is 47.6 Å². The molecule has 1 aliphatic rings. The minimum absolute atomic E-state index is 0.0643. The Morgan fingerprint density at radius 1 is 1.15 bits per heavy atom. The van der Waals surface area contributed by atoms with E-state index in [9.17, 15) is 13.2 Å². The van der Waals surface area contributed by atoms with E-state index in [-0.39, 0.29) is 16.8 Å². The van der Waals surface area contributed by atoms with E-state index in [1.54, 1.807) is 48.6 Å². The van der Waals surface area contributed by atoms with Gasteiger partial charge >= 0.3 is 0 Å². The number of hydrogen-bond donors (Lipinski definition) is 0. The molecule has 1 aromatic carbocycles. The highest BCUT2D eigenvalue weighted by Crippen LogP contribution is 2.25. The second kappa shape index (κ2) is 7.17. The maximum atomic E-state index is 12.7. The molecule has 1 amide bonds. The third kappa shape index (κ3) is 3.50. The van der Waals surface area contributed by atoms with Crippen molar-refractivity contribution in [1.82, 2.24) is 14.2 Å². The zero-order valence-electron chi connectivity index (χ0n) is 15.2. The number of nitrogens with zero attached hydrogens (tertiary/aromatic N) is 3. The summed E-state index contributed by atoms with van der Waals surface area (Å²) in [6.45, 7) is 4.70. The van der Waals surface area contributed by atoms with E-state index in [0.29, 0.717) is 25.1 Å². The van der Waals surface area contributed by atoms with E-state index in [4.69, 9.17) is 0 Å². The van der Waals surface area contributed by atoms with E-state index in [1.165, 1.54) is 4.31 Å². The van der Waals surface area contributed by atoms with Gasteiger partial charge in [-0.05, 0) is 55.7 Å². The number of carbonyl (C=O) groups excluding carboxylic acids is 1. The van der Waals surface area contributed by atoms with Crippen molar-refractivity contribution in [3.05, 3.63) is 59.4 Å². The van der Waals surface area contributed by atoms with Crippen LogP contribution in [0, 0.1) is 0 Å². The van der Waals surface area contributed by atoms with E-state index in [0.717, 1.165) is 11.1 Å². The molecular weight excluding hydrogens is 350 g/mol. The van der Waals surface area contributed by atoms with Crippen molar-refractivity contribution in [3.63, 3.8) is 0 Å². The number of aromatic nitrogens is 1. The highest BCUT2D eigenvalue weighted by molar-refractivity contribution is 7.89. The first-order valence-electron chi connectivity index (χ1n) is 8.60. The second-order valence-corrected chi connectivity index (χ2v) is 8.76. The summed E-state index contributed by atoms with van der Waals surface area (Å²) in [5.41, 5.74) is 2.57. The first-order valence-corrected chi connectivity index (χ1v) is 10.0. The van der Waals surface area contributed by atoms with Crippen molar-refractivity contribution in [1.29, 1.82) is 0 Å². The van der Waals surface area contributed by atoms with Gasteiger partial charge in [0.2, 0.25) is 10.0 Å². The molecule has 0 saturated carbocycles. The van der Waals surface area contributed by atoms with Crippen LogP contribution in [0.3, 0.4) is 0 Å². The van der Waals surface area contributed by atoms with E-state index in [2.05, 4.69) is 4.98 Å². The normalized spacial score (nSPS) is 14.6. The predicted molar refractivity (Wildman–Crippen MR) is 99.2 cm³/mol. The van der Waals surface area contributed by atoms with Gasteiger partial charge in [0.15, 0.2) is 0 Å². The Morgan fingerprint density at radius 3 is 2.50 bits per heavy atom. The van der Waals surface area contributed by atoms with Gasteiger partial charge < -0.3 is 4.90 Å². The zero-order chi connectivity index (χ0) is 18.9. The average molecular weight is 373 g/mol. The van der Waals surface area contributed by atoms with Crippen LogP contribution < -0.4 is 0 Å². The third-order valence-corrected chi connectivity index (χ3v) is 6.84. The van der Waals surface area contributed by atoms with Gasteiger partial charge in [0.25, 0.3) is 5.91 Å². The largest absolute Gasteiger partial charge is 0.334 e. The van der Waals surface area contributed by atoms with Gasteiger partial charge in [-0.25, -0.2) is 8.42 Å². The summed E-state index contributed by atoms with van der Waals surface area (Å²) in [4.78, 5) is 18.6. The second-order valence-electron chi connectivity index (χ2n) is 6.76. The number of benzene rings is 1. The number of carbonyl (C=O) groups is 1. The number of sulfonamides is 1. The molecule has 0 fully saturated rings. The SMILES string of the molecule is CC(C)N(C)S(=O)(=O)c1ccc2c(c1)CN(C(=O)c1ccncc1)CC2. The Balaban J connectivity index is 1.88. The number of rotatable bonds is 4. The van der Waals surface area contributed by atoms with Crippen LogP contribution in [-0.4, -0.2) is 48.1 Å². The fraction of sp³-hybridized carbons (Fsp3) is 0.368. The van der Waals surface area contributed by atoms with Crippen LogP contribution in [0.2, 0.25) is 0 Å². The molecule has 138 valence electrons. The van der Waals surface area contributed by atoms with Gasteiger partial charge in [0, 0.05) is 44.1 Å². The van der Waals surface area contributed by atoms with Crippen LogP contribution in [0.25, 0.3) is 0 Å². The minimum atomic E-state index is -3.54. The fourth-order valence-corrected chi connectivity index (χ4v) is 4.41. The van der Waals surface area contributed by atoms with E-state index in [1.807, 2.05) is 19.9 Å². The number of fused-ring (bicyclic) bond motifs is 1. The summed E-state index contributed by atoms with van der Waals surface area (Å²) >= 11 is 0. The van der Waals surface area contributed by atoms with Crippen LogP contribution in [0.5, 0.6) is 0 Å². The van der Waals surface area contributed by atoms with Crippen LogP contribution in [-0.2, 0) is 23.0 Å². The van der Waals surface area contributed by atoms with Gasteiger partial charge in [-0.2, -0.15) is 4.31 Å². The highest BCUT2D eigenvalue weighted by atomic mass is 32.2. The topological polar surface area (TPSA) is 70.6 Å². The molecule has 0 spiro atoms. The summed E-state index contributed by atoms with van der Waals surface area (Å²) in [7, 11) is -1.96. The smallest absolute Gasteiger partial charge is 0.254 e. The molecule has 0 bridgehead atoms. The Labute approximate surface area is 154 Å². The Hall–Kier alpha value is -2.25. The van der Waals surface area contributed by atoms with Crippen molar-refractivity contribution < 1.29 is 13.2 Å². The molecule has 6 nitrogen and oxygen atoms in total. The highest BCUT2D eigenvalue weighted by Gasteiger charge is 2.26. The Kier molecular flexibility index (Phi) is 5.11. The maximum Gasteiger partial charge on any atom is 0.254 e. The first kappa shape index (κ1) is 18.5. The number of hydrogen-bond acceptors (Lipinski definition) is 4. The van der Waals surface area contributed by atoms with E-state index >= 15 is 0 Å². The molecule has 0 radical (unpaired) electrons. The molecule has 3 rings (SSSR count). The lowest BCUT2D eigenvalue weighted by Crippen LogP contribution is -2.36. The molecule has 2 aromatic rings. The van der Waals surface area contributed by atoms with Gasteiger partial charge in [0.1, 0.15) is 0 Å².